The lowest BCUT2D eigenvalue weighted by atomic mass is 10.2. The maximum Gasteiger partial charge on any atom is 0.335 e. The lowest BCUT2D eigenvalue weighted by molar-refractivity contribution is 0.0697. The summed E-state index contributed by atoms with van der Waals surface area (Å²) in [4.78, 5) is 11.0. The number of sulfonamides is 1. The van der Waals surface area contributed by atoms with Gasteiger partial charge >= 0.3 is 5.97 Å². The van der Waals surface area contributed by atoms with E-state index in [0.29, 0.717) is 0 Å². The molecule has 0 aliphatic heterocycles. The van der Waals surface area contributed by atoms with Crippen molar-refractivity contribution in [2.75, 3.05) is 11.8 Å². The van der Waals surface area contributed by atoms with E-state index < -0.39 is 16.0 Å². The Bertz CT molecular complexity index is 870. The van der Waals surface area contributed by atoms with E-state index in [1.807, 2.05) is 19.1 Å². The summed E-state index contributed by atoms with van der Waals surface area (Å²) < 4.78 is 31.7. The van der Waals surface area contributed by atoms with Crippen LogP contribution in [0.2, 0.25) is 0 Å². The van der Waals surface area contributed by atoms with Crippen molar-refractivity contribution in [2.24, 2.45) is 0 Å². The number of hydrogen-bond donors (Lipinski definition) is 2. The number of nitrogens with one attached hydrogen (secondary N) is 1. The molecule has 0 aromatic heterocycles. The van der Waals surface area contributed by atoms with Crippen LogP contribution in [0.4, 0.5) is 5.69 Å². The molecule has 6 nitrogen and oxygen atoms in total. The van der Waals surface area contributed by atoms with Gasteiger partial charge in [-0.3, -0.25) is 4.72 Å². The monoisotopic (exact) mass is 347 g/mol. The molecule has 24 heavy (non-hydrogen) atoms. The topological polar surface area (TPSA) is 92.7 Å². The number of carbonyl (C=O) groups is 1. The van der Waals surface area contributed by atoms with Gasteiger partial charge in [0.25, 0.3) is 10.0 Å². The van der Waals surface area contributed by atoms with Crippen LogP contribution in [-0.4, -0.2) is 26.6 Å². The van der Waals surface area contributed by atoms with Crippen LogP contribution < -0.4 is 9.46 Å². The van der Waals surface area contributed by atoms with Gasteiger partial charge in [-0.15, -0.1) is 0 Å². The number of ether oxygens (including phenoxy) is 1. The summed E-state index contributed by atoms with van der Waals surface area (Å²) in [5.74, 6) is -0.930. The first-order valence-corrected chi connectivity index (χ1v) is 8.54. The predicted molar refractivity (Wildman–Crippen MR) is 92.7 cm³/mol. The summed E-state index contributed by atoms with van der Waals surface area (Å²) in [5, 5.41) is 10.0. The summed E-state index contributed by atoms with van der Waals surface area (Å²) >= 11 is 0. The molecule has 0 aliphatic carbocycles. The second kappa shape index (κ2) is 7.18. The van der Waals surface area contributed by atoms with Gasteiger partial charge in [0.05, 0.1) is 23.8 Å². The van der Waals surface area contributed by atoms with Crippen molar-refractivity contribution in [3.8, 4) is 5.75 Å². The van der Waals surface area contributed by atoms with E-state index in [-0.39, 0.29) is 17.0 Å². The zero-order chi connectivity index (χ0) is 17.7. The van der Waals surface area contributed by atoms with Crippen molar-refractivity contribution in [2.45, 2.75) is 6.92 Å². The highest BCUT2D eigenvalue weighted by Gasteiger charge is 2.13. The fourth-order valence-electron chi connectivity index (χ4n) is 1.95. The average Bonchev–Trinajstić information content (AvgIpc) is 2.54. The fourth-order valence-corrected chi connectivity index (χ4v) is 2.82. The number of methoxy groups -OCH3 is 1. The van der Waals surface area contributed by atoms with E-state index in [1.165, 1.54) is 31.4 Å². The van der Waals surface area contributed by atoms with Gasteiger partial charge in [-0.1, -0.05) is 29.8 Å². The summed E-state index contributed by atoms with van der Waals surface area (Å²) in [6, 6.07) is 11.3. The van der Waals surface area contributed by atoms with Crippen LogP contribution in [0.25, 0.3) is 6.08 Å². The lowest BCUT2D eigenvalue weighted by Gasteiger charge is -2.10. The molecule has 0 unspecified atom stereocenters. The Morgan fingerprint density at radius 1 is 1.17 bits per heavy atom. The summed E-state index contributed by atoms with van der Waals surface area (Å²) in [5.41, 5.74) is 1.82. The van der Waals surface area contributed by atoms with Gasteiger partial charge in [-0.05, 0) is 36.8 Å². The number of rotatable bonds is 6. The highest BCUT2D eigenvalue weighted by atomic mass is 32.2. The minimum Gasteiger partial charge on any atom is -0.495 e. The fraction of sp³-hybridized carbons (Fsp3) is 0.118. The van der Waals surface area contributed by atoms with E-state index in [0.717, 1.165) is 16.5 Å². The largest absolute Gasteiger partial charge is 0.495 e. The molecule has 0 radical (unpaired) electrons. The van der Waals surface area contributed by atoms with E-state index in [4.69, 9.17) is 9.84 Å². The van der Waals surface area contributed by atoms with Gasteiger partial charge in [0.2, 0.25) is 0 Å². The minimum atomic E-state index is -3.82. The van der Waals surface area contributed by atoms with Gasteiger partial charge in [0.15, 0.2) is 0 Å². The third-order valence-corrected chi connectivity index (χ3v) is 4.21. The first-order valence-electron chi connectivity index (χ1n) is 6.99. The van der Waals surface area contributed by atoms with E-state index in [1.54, 1.807) is 12.1 Å². The molecule has 0 aliphatic rings. The smallest absolute Gasteiger partial charge is 0.335 e. The number of aryl methyl sites for hydroxylation is 1. The van der Waals surface area contributed by atoms with E-state index in [2.05, 4.69) is 4.72 Å². The molecule has 2 aromatic rings. The van der Waals surface area contributed by atoms with Crippen LogP contribution in [0.1, 0.15) is 21.5 Å². The van der Waals surface area contributed by atoms with Crippen LogP contribution in [0.5, 0.6) is 5.75 Å². The molecule has 0 heterocycles. The van der Waals surface area contributed by atoms with E-state index >= 15 is 0 Å². The summed E-state index contributed by atoms with van der Waals surface area (Å²) in [7, 11) is -2.45. The maximum atomic E-state index is 12.2. The highest BCUT2D eigenvalue weighted by molar-refractivity contribution is 7.95. The van der Waals surface area contributed by atoms with Crippen LogP contribution in [0.3, 0.4) is 0 Å². The second-order valence-electron chi connectivity index (χ2n) is 5.08. The molecule has 0 fully saturated rings. The Hall–Kier alpha value is -2.80. The number of anilines is 1. The zero-order valence-corrected chi connectivity index (χ0v) is 14.0. The first-order chi connectivity index (χ1) is 11.3. The number of carboxylic acid groups (broad SMARTS) is 1. The average molecular weight is 347 g/mol. The van der Waals surface area contributed by atoms with Crippen LogP contribution in [-0.2, 0) is 10.0 Å². The Morgan fingerprint density at radius 3 is 2.42 bits per heavy atom. The van der Waals surface area contributed by atoms with Gasteiger partial charge in [0.1, 0.15) is 5.75 Å². The standard InChI is InChI=1S/C17H17NO5S/c1-12-3-5-13(6-4-12)9-10-24(21,22)18-15-11-14(17(19)20)7-8-16(15)23-2/h3-11,18H,1-2H3,(H,19,20)/b10-9+. The molecule has 0 saturated heterocycles. The third kappa shape index (κ3) is 4.60. The van der Waals surface area contributed by atoms with Crippen LogP contribution >= 0.6 is 0 Å². The number of carboxylic acids is 1. The predicted octanol–water partition coefficient (Wildman–Crippen LogP) is 3.11. The quantitative estimate of drug-likeness (QED) is 0.837. The number of benzene rings is 2. The zero-order valence-electron chi connectivity index (χ0n) is 13.2. The highest BCUT2D eigenvalue weighted by Crippen LogP contribution is 2.27. The Kier molecular flexibility index (Phi) is 5.25. The van der Waals surface area contributed by atoms with Gasteiger partial charge in [-0.25, -0.2) is 13.2 Å². The molecule has 2 rings (SSSR count). The number of aromatic carboxylic acids is 1. The molecule has 126 valence electrons. The summed E-state index contributed by atoms with van der Waals surface area (Å²) in [6.45, 7) is 1.94. The van der Waals surface area contributed by atoms with Crippen molar-refractivity contribution in [1.82, 2.24) is 0 Å². The van der Waals surface area contributed by atoms with Crippen molar-refractivity contribution in [3.05, 3.63) is 64.6 Å². The normalized spacial score (nSPS) is 11.4. The molecule has 7 heteroatoms. The maximum absolute atomic E-state index is 12.2. The molecule has 2 N–H and O–H groups in total. The lowest BCUT2D eigenvalue weighted by Crippen LogP contribution is -2.11. The van der Waals surface area contributed by atoms with Crippen molar-refractivity contribution in [1.29, 1.82) is 0 Å². The minimum absolute atomic E-state index is 0.0454. The summed E-state index contributed by atoms with van der Waals surface area (Å²) in [6.07, 6.45) is 1.45. The third-order valence-electron chi connectivity index (χ3n) is 3.22. The molecule has 0 spiro atoms. The Labute approximate surface area is 140 Å². The Morgan fingerprint density at radius 2 is 1.83 bits per heavy atom. The molecular weight excluding hydrogens is 330 g/mol. The van der Waals surface area contributed by atoms with Crippen molar-refractivity contribution < 1.29 is 23.1 Å². The molecule has 0 amide bonds. The molecule has 0 bridgehead atoms. The van der Waals surface area contributed by atoms with Gasteiger partial charge < -0.3 is 9.84 Å². The SMILES string of the molecule is COc1ccc(C(=O)O)cc1NS(=O)(=O)/C=C/c1ccc(C)cc1. The van der Waals surface area contributed by atoms with Gasteiger partial charge in [-0.2, -0.15) is 0 Å². The molecular formula is C17H17NO5S. The molecule has 0 atom stereocenters. The second-order valence-corrected chi connectivity index (χ2v) is 6.65. The molecule has 0 saturated carbocycles. The number of hydrogen-bond acceptors (Lipinski definition) is 4. The van der Waals surface area contributed by atoms with Gasteiger partial charge in [0, 0.05) is 0 Å². The van der Waals surface area contributed by atoms with Crippen molar-refractivity contribution >= 4 is 27.8 Å². The van der Waals surface area contributed by atoms with Crippen molar-refractivity contribution in [3.63, 3.8) is 0 Å². The molecule has 2 aromatic carbocycles. The van der Waals surface area contributed by atoms with Crippen LogP contribution in [0.15, 0.2) is 47.9 Å². The van der Waals surface area contributed by atoms with E-state index in [9.17, 15) is 13.2 Å². The first kappa shape index (κ1) is 17.6. The van der Waals surface area contributed by atoms with Crippen LogP contribution in [0, 0.1) is 6.92 Å². The Balaban J connectivity index is 2.26.